The maximum Gasteiger partial charge on any atom is 0.130 e. The number of aryl methyl sites for hydroxylation is 2. The van der Waals surface area contributed by atoms with Gasteiger partial charge >= 0.3 is 0 Å². The van der Waals surface area contributed by atoms with Gasteiger partial charge in [0, 0.05) is 6.42 Å². The van der Waals surface area contributed by atoms with Crippen molar-refractivity contribution in [3.8, 4) is 0 Å². The van der Waals surface area contributed by atoms with Gasteiger partial charge in [-0.25, -0.2) is 0 Å². The second-order valence-electron chi connectivity index (χ2n) is 4.56. The van der Waals surface area contributed by atoms with E-state index in [-0.39, 0.29) is 5.78 Å². The fourth-order valence-corrected chi connectivity index (χ4v) is 1.79. The monoisotopic (exact) mass is 234 g/mol. The molecule has 0 saturated heterocycles. The molecule has 1 nitrogen and oxygen atoms in total. The number of hydrogen-bond acceptors (Lipinski definition) is 1. The number of ketones is 1. The molecule has 0 heterocycles. The molecular formula is C16H26O. The summed E-state index contributed by atoms with van der Waals surface area (Å²) in [6, 6.07) is 6.52. The molecule has 1 rings (SSSR count). The highest BCUT2D eigenvalue weighted by atomic mass is 16.1. The van der Waals surface area contributed by atoms with Gasteiger partial charge in [-0.1, -0.05) is 51.5 Å². The van der Waals surface area contributed by atoms with E-state index in [2.05, 4.69) is 39.0 Å². The third-order valence-electron chi connectivity index (χ3n) is 2.67. The Morgan fingerprint density at radius 1 is 1.24 bits per heavy atom. The summed E-state index contributed by atoms with van der Waals surface area (Å²) in [6.07, 6.45) is 1.53. The third kappa shape index (κ3) is 5.67. The lowest BCUT2D eigenvalue weighted by Gasteiger charge is -2.13. The van der Waals surface area contributed by atoms with Crippen LogP contribution in [-0.2, 0) is 11.2 Å². The van der Waals surface area contributed by atoms with Gasteiger partial charge in [-0.15, -0.1) is 0 Å². The fourth-order valence-electron chi connectivity index (χ4n) is 1.79. The standard InChI is InChI=1S/C14H20O.C2H6/c1-10(2)14-9-11(3)5-7-13(14)8-6-12(4)15;1-2/h5,7,9-10H,6,8H2,1-4H3;1-2H3. The molecule has 17 heavy (non-hydrogen) atoms. The number of hydrogen-bond donors (Lipinski definition) is 0. The molecule has 0 N–H and O–H groups in total. The molecule has 0 aromatic heterocycles. The highest BCUT2D eigenvalue weighted by molar-refractivity contribution is 5.75. The number of rotatable bonds is 4. The van der Waals surface area contributed by atoms with Gasteiger partial charge in [0.15, 0.2) is 0 Å². The fraction of sp³-hybridized carbons (Fsp3) is 0.562. The summed E-state index contributed by atoms with van der Waals surface area (Å²) in [7, 11) is 0. The topological polar surface area (TPSA) is 17.1 Å². The maximum atomic E-state index is 11.0. The lowest BCUT2D eigenvalue weighted by Crippen LogP contribution is -2.00. The van der Waals surface area contributed by atoms with E-state index >= 15 is 0 Å². The van der Waals surface area contributed by atoms with Crippen molar-refractivity contribution in [2.24, 2.45) is 0 Å². The maximum absolute atomic E-state index is 11.0. The number of carbonyl (C=O) groups is 1. The van der Waals surface area contributed by atoms with Crippen molar-refractivity contribution >= 4 is 5.78 Å². The van der Waals surface area contributed by atoms with E-state index in [1.165, 1.54) is 16.7 Å². The van der Waals surface area contributed by atoms with Crippen LogP contribution >= 0.6 is 0 Å². The molecule has 0 aliphatic carbocycles. The van der Waals surface area contributed by atoms with Gasteiger partial charge in [0.2, 0.25) is 0 Å². The molecule has 0 saturated carbocycles. The van der Waals surface area contributed by atoms with Crippen LogP contribution in [0.2, 0.25) is 0 Å². The Balaban J connectivity index is 0.00000121. The average molecular weight is 234 g/mol. The largest absolute Gasteiger partial charge is 0.300 e. The van der Waals surface area contributed by atoms with Crippen LogP contribution in [0.3, 0.4) is 0 Å². The van der Waals surface area contributed by atoms with Crippen LogP contribution in [0.1, 0.15) is 63.6 Å². The molecule has 1 aromatic carbocycles. The summed E-state index contributed by atoms with van der Waals surface area (Å²) in [5, 5.41) is 0. The van der Waals surface area contributed by atoms with E-state index < -0.39 is 0 Å². The quantitative estimate of drug-likeness (QED) is 0.740. The summed E-state index contributed by atoms with van der Waals surface area (Å²) < 4.78 is 0. The Hall–Kier alpha value is -1.11. The van der Waals surface area contributed by atoms with Gasteiger partial charge in [-0.05, 0) is 37.3 Å². The zero-order valence-electron chi connectivity index (χ0n) is 12.1. The van der Waals surface area contributed by atoms with Crippen LogP contribution in [0.25, 0.3) is 0 Å². The van der Waals surface area contributed by atoms with Crippen LogP contribution in [0, 0.1) is 6.92 Å². The lowest BCUT2D eigenvalue weighted by atomic mass is 9.92. The van der Waals surface area contributed by atoms with Crippen molar-refractivity contribution in [2.45, 2.75) is 60.3 Å². The van der Waals surface area contributed by atoms with Crippen molar-refractivity contribution in [2.75, 3.05) is 0 Å². The minimum Gasteiger partial charge on any atom is -0.300 e. The highest BCUT2D eigenvalue weighted by Gasteiger charge is 2.07. The molecule has 0 unspecified atom stereocenters. The molecule has 0 aliphatic heterocycles. The summed E-state index contributed by atoms with van der Waals surface area (Å²) >= 11 is 0. The van der Waals surface area contributed by atoms with Crippen molar-refractivity contribution in [1.82, 2.24) is 0 Å². The molecule has 0 bridgehead atoms. The summed E-state index contributed by atoms with van der Waals surface area (Å²) in [4.78, 5) is 11.0. The molecule has 0 atom stereocenters. The van der Waals surface area contributed by atoms with Crippen LogP contribution in [0.15, 0.2) is 18.2 Å². The minimum atomic E-state index is 0.269. The Bertz CT molecular complexity index is 351. The molecule has 0 spiro atoms. The lowest BCUT2D eigenvalue weighted by molar-refractivity contribution is -0.116. The summed E-state index contributed by atoms with van der Waals surface area (Å²) in [5.41, 5.74) is 4.01. The molecule has 0 amide bonds. The summed E-state index contributed by atoms with van der Waals surface area (Å²) in [6.45, 7) is 12.2. The SMILES string of the molecule is CC.CC(=O)CCc1ccc(C)cc1C(C)C. The first kappa shape index (κ1) is 15.9. The van der Waals surface area contributed by atoms with Crippen molar-refractivity contribution in [3.63, 3.8) is 0 Å². The molecular weight excluding hydrogens is 208 g/mol. The average Bonchev–Trinajstić information content (AvgIpc) is 2.29. The van der Waals surface area contributed by atoms with Crippen LogP contribution in [0.4, 0.5) is 0 Å². The van der Waals surface area contributed by atoms with E-state index in [0.29, 0.717) is 12.3 Å². The first-order chi connectivity index (χ1) is 8.00. The number of carbonyl (C=O) groups excluding carboxylic acids is 1. The summed E-state index contributed by atoms with van der Waals surface area (Å²) in [5.74, 6) is 0.803. The highest BCUT2D eigenvalue weighted by Crippen LogP contribution is 2.22. The van der Waals surface area contributed by atoms with Gasteiger partial charge in [0.1, 0.15) is 5.78 Å². The van der Waals surface area contributed by atoms with Gasteiger partial charge in [-0.2, -0.15) is 0 Å². The van der Waals surface area contributed by atoms with E-state index in [9.17, 15) is 4.79 Å². The predicted molar refractivity (Wildman–Crippen MR) is 75.6 cm³/mol. The first-order valence-electron chi connectivity index (χ1n) is 6.59. The van der Waals surface area contributed by atoms with Crippen LogP contribution in [-0.4, -0.2) is 5.78 Å². The smallest absolute Gasteiger partial charge is 0.130 e. The van der Waals surface area contributed by atoms with Crippen LogP contribution in [0.5, 0.6) is 0 Å². The Kier molecular flexibility index (Phi) is 7.53. The Labute approximate surface area is 106 Å². The third-order valence-corrected chi connectivity index (χ3v) is 2.67. The second kappa shape index (κ2) is 8.05. The molecule has 0 radical (unpaired) electrons. The second-order valence-corrected chi connectivity index (χ2v) is 4.56. The van der Waals surface area contributed by atoms with Crippen molar-refractivity contribution in [1.29, 1.82) is 0 Å². The van der Waals surface area contributed by atoms with Crippen LogP contribution < -0.4 is 0 Å². The number of Topliss-reactive ketones (excluding diaryl/α,β-unsaturated/α-hetero) is 1. The molecule has 96 valence electrons. The van der Waals surface area contributed by atoms with Gasteiger partial charge < -0.3 is 4.79 Å². The molecule has 1 heteroatoms. The van der Waals surface area contributed by atoms with E-state index in [1.54, 1.807) is 6.92 Å². The first-order valence-corrected chi connectivity index (χ1v) is 6.59. The zero-order chi connectivity index (χ0) is 13.4. The molecule has 0 aliphatic rings. The van der Waals surface area contributed by atoms with E-state index in [0.717, 1.165) is 6.42 Å². The van der Waals surface area contributed by atoms with Gasteiger partial charge in [0.05, 0.1) is 0 Å². The normalized spacial score (nSPS) is 9.82. The van der Waals surface area contributed by atoms with Gasteiger partial charge in [-0.3, -0.25) is 0 Å². The predicted octanol–water partition coefficient (Wildman–Crippen LogP) is 4.67. The Morgan fingerprint density at radius 3 is 2.29 bits per heavy atom. The van der Waals surface area contributed by atoms with Crippen molar-refractivity contribution in [3.05, 3.63) is 34.9 Å². The minimum absolute atomic E-state index is 0.269. The molecule has 1 aromatic rings. The Morgan fingerprint density at radius 2 is 1.82 bits per heavy atom. The van der Waals surface area contributed by atoms with E-state index in [1.807, 2.05) is 13.8 Å². The zero-order valence-corrected chi connectivity index (χ0v) is 12.1. The number of benzene rings is 1. The van der Waals surface area contributed by atoms with E-state index in [4.69, 9.17) is 0 Å². The van der Waals surface area contributed by atoms with Crippen molar-refractivity contribution < 1.29 is 4.79 Å². The van der Waals surface area contributed by atoms with Gasteiger partial charge in [0.25, 0.3) is 0 Å². The molecule has 0 fully saturated rings.